The molecular formula is C15H26O2. The predicted octanol–water partition coefficient (Wildman–Crippen LogP) is 3.96. The molecule has 0 aromatic heterocycles. The summed E-state index contributed by atoms with van der Waals surface area (Å²) in [7, 11) is 1.47. The van der Waals surface area contributed by atoms with Gasteiger partial charge in [0.2, 0.25) is 0 Å². The quantitative estimate of drug-likeness (QED) is 0.535. The first-order valence-electron chi connectivity index (χ1n) is 6.81. The van der Waals surface area contributed by atoms with Gasteiger partial charge in [-0.05, 0) is 30.6 Å². The van der Waals surface area contributed by atoms with Gasteiger partial charge in [0.1, 0.15) is 0 Å². The highest BCUT2D eigenvalue weighted by Crippen LogP contribution is 2.37. The number of carbonyl (C=O) groups is 1. The summed E-state index contributed by atoms with van der Waals surface area (Å²) in [6, 6.07) is 0. The highest BCUT2D eigenvalue weighted by molar-refractivity contribution is 5.70. The number of methoxy groups -OCH3 is 1. The van der Waals surface area contributed by atoms with Crippen molar-refractivity contribution in [2.45, 2.75) is 52.4 Å². The minimum atomic E-state index is -0.0950. The van der Waals surface area contributed by atoms with Crippen LogP contribution in [0.25, 0.3) is 0 Å². The molecule has 1 aliphatic rings. The molecule has 1 saturated carbocycles. The number of rotatable bonds is 5. The lowest BCUT2D eigenvalue weighted by Gasteiger charge is -2.32. The van der Waals surface area contributed by atoms with Gasteiger partial charge in [0.15, 0.2) is 0 Å². The molecule has 0 saturated heterocycles. The second kappa shape index (κ2) is 6.83. The maximum Gasteiger partial charge on any atom is 0.306 e. The van der Waals surface area contributed by atoms with Gasteiger partial charge in [-0.2, -0.15) is 0 Å². The van der Waals surface area contributed by atoms with E-state index < -0.39 is 0 Å². The van der Waals surface area contributed by atoms with Crippen LogP contribution >= 0.6 is 0 Å². The Morgan fingerprint density at radius 1 is 1.29 bits per heavy atom. The Hall–Kier alpha value is -0.790. The lowest BCUT2D eigenvalue weighted by Crippen LogP contribution is -2.24. The molecule has 0 aromatic carbocycles. The molecule has 17 heavy (non-hydrogen) atoms. The van der Waals surface area contributed by atoms with Gasteiger partial charge in [-0.25, -0.2) is 0 Å². The SMILES string of the molecule is C=C(C(C)C)[C@@H](CC(=O)OC)C1CCCCC1. The number of hydrogen-bond donors (Lipinski definition) is 0. The lowest BCUT2D eigenvalue weighted by molar-refractivity contribution is -0.142. The molecule has 0 heterocycles. The standard InChI is InChI=1S/C15H26O2/c1-11(2)12(3)14(10-15(16)17-4)13-8-6-5-7-9-13/h11,13-14H,3,5-10H2,1-2,4H3/t14-/m1/s1. The topological polar surface area (TPSA) is 26.3 Å². The van der Waals surface area contributed by atoms with E-state index in [9.17, 15) is 4.79 Å². The van der Waals surface area contributed by atoms with Gasteiger partial charge < -0.3 is 4.74 Å². The third-order valence-corrected chi connectivity index (χ3v) is 4.05. The average Bonchev–Trinajstić information content (AvgIpc) is 2.35. The number of ether oxygens (including phenoxy) is 1. The van der Waals surface area contributed by atoms with Crippen LogP contribution in [0.3, 0.4) is 0 Å². The van der Waals surface area contributed by atoms with Crippen LogP contribution in [0.2, 0.25) is 0 Å². The Balaban J connectivity index is 2.69. The van der Waals surface area contributed by atoms with Crippen LogP contribution in [0, 0.1) is 17.8 Å². The highest BCUT2D eigenvalue weighted by Gasteiger charge is 2.29. The van der Waals surface area contributed by atoms with Crippen molar-refractivity contribution in [1.29, 1.82) is 0 Å². The van der Waals surface area contributed by atoms with Crippen molar-refractivity contribution in [1.82, 2.24) is 0 Å². The summed E-state index contributed by atoms with van der Waals surface area (Å²) >= 11 is 0. The Labute approximate surface area is 105 Å². The van der Waals surface area contributed by atoms with Crippen molar-refractivity contribution >= 4 is 5.97 Å². The van der Waals surface area contributed by atoms with E-state index >= 15 is 0 Å². The molecule has 0 N–H and O–H groups in total. The Bertz CT molecular complexity index is 262. The summed E-state index contributed by atoms with van der Waals surface area (Å²) < 4.78 is 4.82. The van der Waals surface area contributed by atoms with E-state index in [1.165, 1.54) is 44.8 Å². The van der Waals surface area contributed by atoms with Crippen LogP contribution in [0.1, 0.15) is 52.4 Å². The Morgan fingerprint density at radius 2 is 1.88 bits per heavy atom. The van der Waals surface area contributed by atoms with E-state index in [1.807, 2.05) is 0 Å². The monoisotopic (exact) mass is 238 g/mol. The fraction of sp³-hybridized carbons (Fsp3) is 0.800. The van der Waals surface area contributed by atoms with Crippen LogP contribution in [0.4, 0.5) is 0 Å². The average molecular weight is 238 g/mol. The Morgan fingerprint density at radius 3 is 2.35 bits per heavy atom. The minimum absolute atomic E-state index is 0.0950. The lowest BCUT2D eigenvalue weighted by atomic mass is 9.73. The molecule has 1 atom stereocenters. The molecule has 1 rings (SSSR count). The number of esters is 1. The van der Waals surface area contributed by atoms with Crippen LogP contribution < -0.4 is 0 Å². The molecule has 0 bridgehead atoms. The zero-order valence-corrected chi connectivity index (χ0v) is 11.5. The third-order valence-electron chi connectivity index (χ3n) is 4.05. The fourth-order valence-corrected chi connectivity index (χ4v) is 2.83. The van der Waals surface area contributed by atoms with Gasteiger partial charge in [0.05, 0.1) is 13.5 Å². The minimum Gasteiger partial charge on any atom is -0.469 e. The summed E-state index contributed by atoms with van der Waals surface area (Å²) in [6.07, 6.45) is 6.94. The van der Waals surface area contributed by atoms with E-state index in [4.69, 9.17) is 4.74 Å². The van der Waals surface area contributed by atoms with E-state index in [2.05, 4.69) is 20.4 Å². The first-order valence-corrected chi connectivity index (χ1v) is 6.81. The Kier molecular flexibility index (Phi) is 5.73. The number of carbonyl (C=O) groups excluding carboxylic acids is 1. The molecule has 0 unspecified atom stereocenters. The van der Waals surface area contributed by atoms with Crippen molar-refractivity contribution in [2.24, 2.45) is 17.8 Å². The smallest absolute Gasteiger partial charge is 0.306 e. The molecule has 1 fully saturated rings. The molecule has 0 radical (unpaired) electrons. The first-order chi connectivity index (χ1) is 8.06. The van der Waals surface area contributed by atoms with Gasteiger partial charge in [-0.1, -0.05) is 45.3 Å². The fourth-order valence-electron chi connectivity index (χ4n) is 2.83. The van der Waals surface area contributed by atoms with Gasteiger partial charge in [0.25, 0.3) is 0 Å². The molecule has 2 nitrogen and oxygen atoms in total. The number of hydrogen-bond acceptors (Lipinski definition) is 2. The normalized spacial score (nSPS) is 19.1. The largest absolute Gasteiger partial charge is 0.469 e. The van der Waals surface area contributed by atoms with Crippen LogP contribution in [0.15, 0.2) is 12.2 Å². The molecule has 0 aliphatic heterocycles. The second-order valence-corrected chi connectivity index (χ2v) is 5.51. The van der Waals surface area contributed by atoms with E-state index in [-0.39, 0.29) is 5.97 Å². The first kappa shape index (κ1) is 14.3. The molecule has 1 aliphatic carbocycles. The molecule has 2 heteroatoms. The number of allylic oxidation sites excluding steroid dienone is 1. The summed E-state index contributed by atoms with van der Waals surface area (Å²) in [5.41, 5.74) is 1.22. The van der Waals surface area contributed by atoms with Crippen molar-refractivity contribution in [3.05, 3.63) is 12.2 Å². The zero-order valence-electron chi connectivity index (χ0n) is 11.5. The van der Waals surface area contributed by atoms with Gasteiger partial charge >= 0.3 is 5.97 Å². The van der Waals surface area contributed by atoms with Gasteiger partial charge in [-0.15, -0.1) is 0 Å². The summed E-state index contributed by atoms with van der Waals surface area (Å²) in [4.78, 5) is 11.5. The van der Waals surface area contributed by atoms with Crippen LogP contribution in [-0.2, 0) is 9.53 Å². The van der Waals surface area contributed by atoms with E-state index in [0.717, 1.165) is 0 Å². The maximum atomic E-state index is 11.5. The maximum absolute atomic E-state index is 11.5. The molecule has 0 amide bonds. The second-order valence-electron chi connectivity index (χ2n) is 5.51. The molecule has 0 spiro atoms. The van der Waals surface area contributed by atoms with Crippen molar-refractivity contribution < 1.29 is 9.53 Å². The third kappa shape index (κ3) is 4.18. The summed E-state index contributed by atoms with van der Waals surface area (Å²) in [5.74, 6) is 1.31. The van der Waals surface area contributed by atoms with Crippen molar-refractivity contribution in [2.75, 3.05) is 7.11 Å². The summed E-state index contributed by atoms with van der Waals surface area (Å²) in [6.45, 7) is 8.53. The highest BCUT2D eigenvalue weighted by atomic mass is 16.5. The zero-order chi connectivity index (χ0) is 12.8. The van der Waals surface area contributed by atoms with E-state index in [0.29, 0.717) is 24.2 Å². The predicted molar refractivity (Wildman–Crippen MR) is 70.7 cm³/mol. The molecular weight excluding hydrogens is 212 g/mol. The molecule has 98 valence electrons. The van der Waals surface area contributed by atoms with Crippen molar-refractivity contribution in [3.8, 4) is 0 Å². The van der Waals surface area contributed by atoms with Crippen LogP contribution in [0.5, 0.6) is 0 Å². The van der Waals surface area contributed by atoms with Gasteiger partial charge in [0, 0.05) is 0 Å². The van der Waals surface area contributed by atoms with Crippen LogP contribution in [-0.4, -0.2) is 13.1 Å². The van der Waals surface area contributed by atoms with Gasteiger partial charge in [-0.3, -0.25) is 4.79 Å². The molecule has 0 aromatic rings. The van der Waals surface area contributed by atoms with Crippen molar-refractivity contribution in [3.63, 3.8) is 0 Å². The van der Waals surface area contributed by atoms with E-state index in [1.54, 1.807) is 0 Å². The summed E-state index contributed by atoms with van der Waals surface area (Å²) in [5, 5.41) is 0.